The Labute approximate surface area is 138 Å². The highest BCUT2D eigenvalue weighted by Gasteiger charge is 2.09. The minimum absolute atomic E-state index is 0. The van der Waals surface area contributed by atoms with Gasteiger partial charge in [-0.3, -0.25) is 4.79 Å². The van der Waals surface area contributed by atoms with E-state index >= 15 is 0 Å². The molecule has 1 rings (SSSR count). The first-order valence-corrected chi connectivity index (χ1v) is 7.51. The molecule has 0 radical (unpaired) electrons. The van der Waals surface area contributed by atoms with Crippen LogP contribution in [-0.4, -0.2) is 25.1 Å². The van der Waals surface area contributed by atoms with Crippen molar-refractivity contribution in [2.75, 3.05) is 13.1 Å². The summed E-state index contributed by atoms with van der Waals surface area (Å²) < 4.78 is 18.8. The van der Waals surface area contributed by atoms with Gasteiger partial charge in [0.2, 0.25) is 5.91 Å². The number of para-hydroxylation sites is 1. The number of hydrogen-bond acceptors (Lipinski definition) is 3. The zero-order chi connectivity index (χ0) is 15.5. The van der Waals surface area contributed by atoms with E-state index in [1.807, 2.05) is 0 Å². The molecular weight excluding hydrogens is 307 g/mol. The molecule has 1 atom stereocenters. The highest BCUT2D eigenvalue weighted by molar-refractivity contribution is 5.85. The summed E-state index contributed by atoms with van der Waals surface area (Å²) in [6, 6.07) is 6.25. The fourth-order valence-corrected chi connectivity index (χ4v) is 1.93. The largest absolute Gasteiger partial charge is 0.486 e. The van der Waals surface area contributed by atoms with Crippen LogP contribution in [0.15, 0.2) is 24.3 Å². The van der Waals surface area contributed by atoms with E-state index in [-0.39, 0.29) is 30.2 Å². The van der Waals surface area contributed by atoms with Crippen LogP contribution in [0.1, 0.15) is 39.0 Å². The molecule has 0 aliphatic heterocycles. The molecule has 0 bridgehead atoms. The Hall–Kier alpha value is -1.33. The molecule has 0 aliphatic rings. The Morgan fingerprint density at radius 1 is 1.27 bits per heavy atom. The number of nitrogens with two attached hydrogens (primary N) is 1. The fraction of sp³-hybridized carbons (Fsp3) is 0.562. The fourth-order valence-electron chi connectivity index (χ4n) is 1.93. The lowest BCUT2D eigenvalue weighted by Gasteiger charge is -2.15. The van der Waals surface area contributed by atoms with Gasteiger partial charge in [-0.25, -0.2) is 4.39 Å². The van der Waals surface area contributed by atoms with Crippen molar-refractivity contribution < 1.29 is 13.9 Å². The predicted molar refractivity (Wildman–Crippen MR) is 88.9 cm³/mol. The van der Waals surface area contributed by atoms with Gasteiger partial charge in [-0.2, -0.15) is 0 Å². The molecule has 0 aromatic heterocycles. The van der Waals surface area contributed by atoms with Gasteiger partial charge in [0.25, 0.3) is 0 Å². The number of halogens is 2. The lowest BCUT2D eigenvalue weighted by molar-refractivity contribution is -0.121. The molecular formula is C16H26ClFN2O2. The topological polar surface area (TPSA) is 64.4 Å². The average Bonchev–Trinajstić information content (AvgIpc) is 2.47. The van der Waals surface area contributed by atoms with Gasteiger partial charge in [0, 0.05) is 6.42 Å². The number of rotatable bonds is 10. The second-order valence-electron chi connectivity index (χ2n) is 5.12. The van der Waals surface area contributed by atoms with Crippen molar-refractivity contribution in [1.29, 1.82) is 0 Å². The summed E-state index contributed by atoms with van der Waals surface area (Å²) in [4.78, 5) is 11.6. The van der Waals surface area contributed by atoms with E-state index in [1.165, 1.54) is 6.07 Å². The molecule has 4 nitrogen and oxygen atoms in total. The summed E-state index contributed by atoms with van der Waals surface area (Å²) in [5.74, 6) is -0.177. The monoisotopic (exact) mass is 332 g/mol. The average molecular weight is 333 g/mol. The highest BCUT2D eigenvalue weighted by atomic mass is 35.5. The summed E-state index contributed by atoms with van der Waals surface area (Å²) in [5.41, 5.74) is 5.41. The van der Waals surface area contributed by atoms with Gasteiger partial charge in [0.15, 0.2) is 11.6 Å². The zero-order valence-electron chi connectivity index (χ0n) is 13.0. The van der Waals surface area contributed by atoms with Gasteiger partial charge >= 0.3 is 0 Å². The normalized spacial score (nSPS) is 11.4. The third kappa shape index (κ3) is 8.85. The first-order chi connectivity index (χ1) is 10.1. The van der Waals surface area contributed by atoms with Crippen molar-refractivity contribution in [3.63, 3.8) is 0 Å². The third-order valence-corrected chi connectivity index (χ3v) is 3.11. The Bertz CT molecular complexity index is 432. The molecule has 3 N–H and O–H groups in total. The van der Waals surface area contributed by atoms with Crippen LogP contribution in [-0.2, 0) is 4.79 Å². The smallest absolute Gasteiger partial charge is 0.220 e. The SMILES string of the molecule is CC(CNC(=O)CCCCCCN)Oc1ccccc1F.Cl. The van der Waals surface area contributed by atoms with Crippen molar-refractivity contribution in [3.05, 3.63) is 30.1 Å². The zero-order valence-corrected chi connectivity index (χ0v) is 13.8. The Morgan fingerprint density at radius 3 is 2.64 bits per heavy atom. The van der Waals surface area contributed by atoms with Crippen LogP contribution in [0, 0.1) is 5.82 Å². The molecule has 1 aromatic carbocycles. The molecule has 1 amide bonds. The van der Waals surface area contributed by atoms with E-state index in [2.05, 4.69) is 5.32 Å². The standard InChI is InChI=1S/C16H25FN2O2.ClH/c1-13(21-15-9-6-5-8-14(15)17)12-19-16(20)10-4-2-3-7-11-18;/h5-6,8-9,13H,2-4,7,10-12,18H2,1H3,(H,19,20);1H. The second kappa shape index (κ2) is 12.2. The van der Waals surface area contributed by atoms with Gasteiger partial charge in [-0.05, 0) is 38.4 Å². The maximum Gasteiger partial charge on any atom is 0.220 e. The minimum atomic E-state index is -0.393. The molecule has 0 heterocycles. The van der Waals surface area contributed by atoms with Crippen LogP contribution in [0.5, 0.6) is 5.75 Å². The van der Waals surface area contributed by atoms with Crippen LogP contribution in [0.25, 0.3) is 0 Å². The second-order valence-corrected chi connectivity index (χ2v) is 5.12. The van der Waals surface area contributed by atoms with E-state index in [4.69, 9.17) is 10.5 Å². The molecule has 0 aliphatic carbocycles. The van der Waals surface area contributed by atoms with Gasteiger partial charge in [-0.1, -0.05) is 25.0 Å². The van der Waals surface area contributed by atoms with E-state index in [9.17, 15) is 9.18 Å². The molecule has 0 saturated heterocycles. The number of nitrogens with one attached hydrogen (secondary N) is 1. The summed E-state index contributed by atoms with van der Waals surface area (Å²) >= 11 is 0. The summed E-state index contributed by atoms with van der Waals surface area (Å²) in [6.45, 7) is 2.88. The van der Waals surface area contributed by atoms with Crippen molar-refractivity contribution >= 4 is 18.3 Å². The summed E-state index contributed by atoms with van der Waals surface area (Å²) in [5, 5.41) is 2.80. The molecule has 0 saturated carbocycles. The van der Waals surface area contributed by atoms with Crippen LogP contribution in [0.3, 0.4) is 0 Å². The van der Waals surface area contributed by atoms with Crippen LogP contribution in [0.2, 0.25) is 0 Å². The maximum atomic E-state index is 13.4. The third-order valence-electron chi connectivity index (χ3n) is 3.11. The highest BCUT2D eigenvalue weighted by Crippen LogP contribution is 2.16. The number of hydrogen-bond donors (Lipinski definition) is 2. The Kier molecular flexibility index (Phi) is 11.5. The Balaban J connectivity index is 0.00000441. The number of unbranched alkanes of at least 4 members (excludes halogenated alkanes) is 3. The quantitative estimate of drug-likeness (QED) is 0.647. The summed E-state index contributed by atoms with van der Waals surface area (Å²) in [7, 11) is 0. The molecule has 0 fully saturated rings. The van der Waals surface area contributed by atoms with Gasteiger partial charge in [-0.15, -0.1) is 12.4 Å². The molecule has 6 heteroatoms. The van der Waals surface area contributed by atoms with Crippen molar-refractivity contribution in [1.82, 2.24) is 5.32 Å². The number of ether oxygens (including phenoxy) is 1. The number of benzene rings is 1. The molecule has 1 aromatic rings. The van der Waals surface area contributed by atoms with Gasteiger partial charge < -0.3 is 15.8 Å². The lowest BCUT2D eigenvalue weighted by Crippen LogP contribution is -2.33. The Morgan fingerprint density at radius 2 is 1.95 bits per heavy atom. The first kappa shape index (κ1) is 20.7. The number of amides is 1. The molecule has 1 unspecified atom stereocenters. The number of carbonyl (C=O) groups is 1. The summed E-state index contributed by atoms with van der Waals surface area (Å²) in [6.07, 6.45) is 4.20. The minimum Gasteiger partial charge on any atom is -0.486 e. The van der Waals surface area contributed by atoms with Crippen molar-refractivity contribution in [2.24, 2.45) is 5.73 Å². The van der Waals surface area contributed by atoms with Crippen LogP contribution < -0.4 is 15.8 Å². The maximum absolute atomic E-state index is 13.4. The van der Waals surface area contributed by atoms with Crippen LogP contribution in [0.4, 0.5) is 4.39 Å². The molecule has 0 spiro atoms. The van der Waals surface area contributed by atoms with E-state index in [0.29, 0.717) is 19.5 Å². The first-order valence-electron chi connectivity index (χ1n) is 7.51. The van der Waals surface area contributed by atoms with Crippen LogP contribution >= 0.6 is 12.4 Å². The van der Waals surface area contributed by atoms with Crippen molar-refractivity contribution in [2.45, 2.75) is 45.1 Å². The lowest BCUT2D eigenvalue weighted by atomic mass is 10.1. The van der Waals surface area contributed by atoms with Gasteiger partial charge in [0.1, 0.15) is 6.10 Å². The van der Waals surface area contributed by atoms with E-state index in [1.54, 1.807) is 25.1 Å². The van der Waals surface area contributed by atoms with Gasteiger partial charge in [0.05, 0.1) is 6.54 Å². The predicted octanol–water partition coefficient (Wildman–Crippen LogP) is 3.04. The molecule has 126 valence electrons. The molecule has 22 heavy (non-hydrogen) atoms. The van der Waals surface area contributed by atoms with Crippen molar-refractivity contribution in [3.8, 4) is 5.75 Å². The van der Waals surface area contributed by atoms with E-state index in [0.717, 1.165) is 25.7 Å². The van der Waals surface area contributed by atoms with E-state index < -0.39 is 5.82 Å². The number of carbonyl (C=O) groups excluding carboxylic acids is 1.